The van der Waals surface area contributed by atoms with Crippen molar-refractivity contribution in [3.8, 4) is 0 Å². The third kappa shape index (κ3) is 2.48. The maximum Gasteiger partial charge on any atom is 0.248 e. The maximum atomic E-state index is 12.7. The Kier molecular flexibility index (Phi) is 3.85. The van der Waals surface area contributed by atoms with E-state index in [1.807, 2.05) is 27.7 Å². The lowest BCUT2D eigenvalue weighted by Gasteiger charge is -2.48. The van der Waals surface area contributed by atoms with Crippen LogP contribution in [0.15, 0.2) is 0 Å². The number of piperazine rings is 1. The van der Waals surface area contributed by atoms with Crippen molar-refractivity contribution in [2.75, 3.05) is 6.61 Å². The second-order valence-electron chi connectivity index (χ2n) is 5.92. The third-order valence-corrected chi connectivity index (χ3v) is 4.46. The molecule has 0 aliphatic carbocycles. The van der Waals surface area contributed by atoms with E-state index in [0.717, 1.165) is 12.8 Å². The standard InChI is InChI=1S/C14H24N2O3/c1-5-14(4)13(18)16(10(3)12(17)15-14)11-6-7-19-9(2)8-11/h9-11H,5-8H2,1-4H3,(H,15,17). The summed E-state index contributed by atoms with van der Waals surface area (Å²) in [5.74, 6) is -0.00991. The topological polar surface area (TPSA) is 58.6 Å². The Morgan fingerprint density at radius 1 is 1.42 bits per heavy atom. The molecule has 0 aromatic carbocycles. The van der Waals surface area contributed by atoms with Crippen LogP contribution in [0.5, 0.6) is 0 Å². The van der Waals surface area contributed by atoms with Gasteiger partial charge in [0.25, 0.3) is 0 Å². The summed E-state index contributed by atoms with van der Waals surface area (Å²) in [6.45, 7) is 8.23. The Morgan fingerprint density at radius 2 is 2.11 bits per heavy atom. The fraction of sp³-hybridized carbons (Fsp3) is 0.857. The van der Waals surface area contributed by atoms with Crippen LogP contribution in [0.4, 0.5) is 0 Å². The van der Waals surface area contributed by atoms with Crippen molar-refractivity contribution in [2.24, 2.45) is 0 Å². The molecule has 0 saturated carbocycles. The van der Waals surface area contributed by atoms with Crippen LogP contribution in [-0.2, 0) is 14.3 Å². The molecule has 2 saturated heterocycles. The molecule has 4 atom stereocenters. The van der Waals surface area contributed by atoms with Crippen molar-refractivity contribution in [3.63, 3.8) is 0 Å². The first-order valence-electron chi connectivity index (χ1n) is 7.15. The van der Waals surface area contributed by atoms with Crippen molar-refractivity contribution in [3.05, 3.63) is 0 Å². The van der Waals surface area contributed by atoms with Gasteiger partial charge in [-0.05, 0) is 40.0 Å². The molecule has 5 heteroatoms. The molecule has 0 spiro atoms. The Balaban J connectivity index is 2.25. The van der Waals surface area contributed by atoms with Crippen LogP contribution in [0.25, 0.3) is 0 Å². The lowest BCUT2D eigenvalue weighted by atomic mass is 9.89. The maximum absolute atomic E-state index is 12.7. The van der Waals surface area contributed by atoms with Crippen molar-refractivity contribution >= 4 is 11.8 Å². The minimum Gasteiger partial charge on any atom is -0.378 e. The van der Waals surface area contributed by atoms with Crippen LogP contribution in [0.2, 0.25) is 0 Å². The third-order valence-electron chi connectivity index (χ3n) is 4.46. The van der Waals surface area contributed by atoms with E-state index in [-0.39, 0.29) is 30.0 Å². The number of hydrogen-bond donors (Lipinski definition) is 1. The van der Waals surface area contributed by atoms with E-state index in [9.17, 15) is 9.59 Å². The van der Waals surface area contributed by atoms with Crippen LogP contribution in [-0.4, -0.2) is 47.0 Å². The summed E-state index contributed by atoms with van der Waals surface area (Å²) in [4.78, 5) is 26.6. The molecule has 0 aromatic rings. The van der Waals surface area contributed by atoms with E-state index in [1.54, 1.807) is 4.90 Å². The Morgan fingerprint density at radius 3 is 2.68 bits per heavy atom. The summed E-state index contributed by atoms with van der Waals surface area (Å²) >= 11 is 0. The molecule has 2 heterocycles. The van der Waals surface area contributed by atoms with Crippen LogP contribution in [0, 0.1) is 0 Å². The van der Waals surface area contributed by atoms with E-state index in [2.05, 4.69) is 5.32 Å². The summed E-state index contributed by atoms with van der Waals surface area (Å²) < 4.78 is 5.54. The van der Waals surface area contributed by atoms with Gasteiger partial charge in [0.2, 0.25) is 11.8 Å². The summed E-state index contributed by atoms with van der Waals surface area (Å²) in [7, 11) is 0. The van der Waals surface area contributed by atoms with E-state index >= 15 is 0 Å². The van der Waals surface area contributed by atoms with Crippen molar-refractivity contribution in [2.45, 2.75) is 70.7 Å². The zero-order chi connectivity index (χ0) is 14.2. The molecular formula is C14H24N2O3. The lowest BCUT2D eigenvalue weighted by Crippen LogP contribution is -2.70. The minimum absolute atomic E-state index is 0.0428. The van der Waals surface area contributed by atoms with E-state index < -0.39 is 5.54 Å². The van der Waals surface area contributed by atoms with Crippen molar-refractivity contribution < 1.29 is 14.3 Å². The first-order valence-corrected chi connectivity index (χ1v) is 7.15. The Labute approximate surface area is 114 Å². The average molecular weight is 268 g/mol. The molecular weight excluding hydrogens is 244 g/mol. The van der Waals surface area contributed by atoms with Gasteiger partial charge in [0.05, 0.1) is 6.10 Å². The SMILES string of the molecule is CCC1(C)NC(=O)C(C)N(C2CCOC(C)C2)C1=O. The molecule has 5 nitrogen and oxygen atoms in total. The molecule has 2 amide bonds. The second-order valence-corrected chi connectivity index (χ2v) is 5.92. The quantitative estimate of drug-likeness (QED) is 0.815. The van der Waals surface area contributed by atoms with Gasteiger partial charge in [-0.25, -0.2) is 0 Å². The molecule has 1 N–H and O–H groups in total. The first-order chi connectivity index (χ1) is 8.89. The zero-order valence-corrected chi connectivity index (χ0v) is 12.2. The number of hydrogen-bond acceptors (Lipinski definition) is 3. The van der Waals surface area contributed by atoms with Gasteiger partial charge in [-0.3, -0.25) is 9.59 Å². The van der Waals surface area contributed by atoms with Gasteiger partial charge in [0, 0.05) is 12.6 Å². The smallest absolute Gasteiger partial charge is 0.248 e. The molecule has 0 aromatic heterocycles. The number of carbonyl (C=O) groups excluding carboxylic acids is 2. The Hall–Kier alpha value is -1.10. The van der Waals surface area contributed by atoms with Crippen LogP contribution in [0.1, 0.15) is 47.0 Å². The largest absolute Gasteiger partial charge is 0.378 e. The minimum atomic E-state index is -0.759. The Bertz CT molecular complexity index is 385. The monoisotopic (exact) mass is 268 g/mol. The molecule has 2 fully saturated rings. The molecule has 0 radical (unpaired) electrons. The lowest BCUT2D eigenvalue weighted by molar-refractivity contribution is -0.159. The predicted molar refractivity (Wildman–Crippen MR) is 71.6 cm³/mol. The number of ether oxygens (including phenoxy) is 1. The highest BCUT2D eigenvalue weighted by atomic mass is 16.5. The molecule has 2 aliphatic rings. The van der Waals surface area contributed by atoms with E-state index in [4.69, 9.17) is 4.74 Å². The number of rotatable bonds is 2. The summed E-state index contributed by atoms with van der Waals surface area (Å²) in [6.07, 6.45) is 2.38. The van der Waals surface area contributed by atoms with Gasteiger partial charge in [0.15, 0.2) is 0 Å². The molecule has 2 aliphatic heterocycles. The highest BCUT2D eigenvalue weighted by Crippen LogP contribution is 2.28. The van der Waals surface area contributed by atoms with E-state index in [1.165, 1.54) is 0 Å². The first kappa shape index (κ1) is 14.3. The van der Waals surface area contributed by atoms with Crippen molar-refractivity contribution in [1.82, 2.24) is 10.2 Å². The van der Waals surface area contributed by atoms with Gasteiger partial charge < -0.3 is 15.0 Å². The highest BCUT2D eigenvalue weighted by Gasteiger charge is 2.48. The number of carbonyl (C=O) groups is 2. The normalized spacial score (nSPS) is 40.2. The molecule has 2 rings (SSSR count). The fourth-order valence-corrected chi connectivity index (χ4v) is 2.97. The fourth-order valence-electron chi connectivity index (χ4n) is 2.97. The van der Waals surface area contributed by atoms with Crippen LogP contribution < -0.4 is 5.32 Å². The van der Waals surface area contributed by atoms with Crippen LogP contribution >= 0.6 is 0 Å². The number of nitrogens with zero attached hydrogens (tertiary/aromatic N) is 1. The molecule has 0 bridgehead atoms. The van der Waals surface area contributed by atoms with Crippen LogP contribution in [0.3, 0.4) is 0 Å². The number of nitrogens with one attached hydrogen (secondary N) is 1. The summed E-state index contributed by atoms with van der Waals surface area (Å²) in [5.41, 5.74) is -0.759. The van der Waals surface area contributed by atoms with Gasteiger partial charge in [0.1, 0.15) is 11.6 Å². The van der Waals surface area contributed by atoms with Gasteiger partial charge in [-0.1, -0.05) is 6.92 Å². The summed E-state index contributed by atoms with van der Waals surface area (Å²) in [6, 6.07) is -0.273. The highest BCUT2D eigenvalue weighted by molar-refractivity contribution is 5.99. The molecule has 19 heavy (non-hydrogen) atoms. The molecule has 108 valence electrons. The average Bonchev–Trinajstić information content (AvgIpc) is 2.37. The van der Waals surface area contributed by atoms with Gasteiger partial charge in [-0.2, -0.15) is 0 Å². The van der Waals surface area contributed by atoms with E-state index in [0.29, 0.717) is 13.0 Å². The van der Waals surface area contributed by atoms with Gasteiger partial charge >= 0.3 is 0 Å². The van der Waals surface area contributed by atoms with Crippen molar-refractivity contribution in [1.29, 1.82) is 0 Å². The molecule has 4 unspecified atom stereocenters. The van der Waals surface area contributed by atoms with Gasteiger partial charge in [-0.15, -0.1) is 0 Å². The predicted octanol–water partition coefficient (Wildman–Crippen LogP) is 1.07. The number of amides is 2. The zero-order valence-electron chi connectivity index (χ0n) is 12.2. The summed E-state index contributed by atoms with van der Waals surface area (Å²) in [5, 5.41) is 2.86. The second kappa shape index (κ2) is 5.12.